The number of rotatable bonds is 7. The highest BCUT2D eigenvalue weighted by Crippen LogP contribution is 2.35. The number of anilines is 2. The van der Waals surface area contributed by atoms with Crippen molar-refractivity contribution in [3.63, 3.8) is 0 Å². The number of nitrogens with zero attached hydrogens (tertiary/aromatic N) is 1. The van der Waals surface area contributed by atoms with Gasteiger partial charge in [0.1, 0.15) is 22.5 Å². The fourth-order valence-electron chi connectivity index (χ4n) is 3.18. The Kier molecular flexibility index (Phi) is 6.84. The van der Waals surface area contributed by atoms with Gasteiger partial charge in [0.05, 0.1) is 11.3 Å². The van der Waals surface area contributed by atoms with Gasteiger partial charge in [-0.2, -0.15) is 0 Å². The quantitative estimate of drug-likeness (QED) is 0.311. The Morgan fingerprint density at radius 1 is 1.23 bits per heavy atom. The summed E-state index contributed by atoms with van der Waals surface area (Å²) in [6.45, 7) is 5.68. The summed E-state index contributed by atoms with van der Waals surface area (Å²) >= 11 is 0.321. The number of carbonyl (C=O) groups excluding carboxylic acids is 1. The van der Waals surface area contributed by atoms with E-state index in [9.17, 15) is 14.1 Å². The molecule has 2 aromatic carbocycles. The number of hydrogen-bond acceptors (Lipinski definition) is 6. The number of aromatic hydroxyl groups is 1. The lowest BCUT2D eigenvalue weighted by Crippen LogP contribution is -2.09. The Morgan fingerprint density at radius 3 is 2.70 bits per heavy atom. The first-order chi connectivity index (χ1) is 14.5. The standard InChI is InChI=1S/C23H24N2O4S/c1-4-7-19(27)17-13-24-23-16(8-6-9-20(23)29-21(5-2)30-28)22(17)25-18-11-10-15(26)12-14(18)3/h6,8-13,26H,4-5,7H2,1-3H3,(H,24,25). The number of Topliss-reactive ketones (excluding diaryl/α,β-unsaturated/α-hetero) is 1. The third-order valence-corrected chi connectivity index (χ3v) is 5.27. The van der Waals surface area contributed by atoms with Crippen LogP contribution in [0.2, 0.25) is 0 Å². The van der Waals surface area contributed by atoms with E-state index >= 15 is 0 Å². The summed E-state index contributed by atoms with van der Waals surface area (Å²) in [6.07, 6.45) is 3.18. The minimum Gasteiger partial charge on any atom is -0.508 e. The molecule has 0 saturated carbocycles. The molecule has 0 atom stereocenters. The number of ether oxygens (including phenoxy) is 1. The lowest BCUT2D eigenvalue weighted by molar-refractivity contribution is 0.0982. The lowest BCUT2D eigenvalue weighted by atomic mass is 10.0. The number of hydrogen-bond donors (Lipinski definition) is 2. The molecule has 1 heterocycles. The van der Waals surface area contributed by atoms with Gasteiger partial charge in [-0.1, -0.05) is 26.0 Å². The molecular formula is C23H24N2O4S. The van der Waals surface area contributed by atoms with Gasteiger partial charge in [-0.05, 0) is 43.2 Å². The van der Waals surface area contributed by atoms with Gasteiger partial charge in [0, 0.05) is 30.1 Å². The number of phenolic OH excluding ortho intramolecular Hbond substituents is 1. The van der Waals surface area contributed by atoms with Crippen LogP contribution in [0.3, 0.4) is 0 Å². The van der Waals surface area contributed by atoms with E-state index in [-0.39, 0.29) is 11.5 Å². The summed E-state index contributed by atoms with van der Waals surface area (Å²) in [6, 6.07) is 10.4. The van der Waals surface area contributed by atoms with Gasteiger partial charge in [-0.15, -0.1) is 0 Å². The van der Waals surface area contributed by atoms with E-state index in [0.717, 1.165) is 17.7 Å². The van der Waals surface area contributed by atoms with Gasteiger partial charge in [0.2, 0.25) is 0 Å². The maximum absolute atomic E-state index is 12.8. The zero-order valence-electron chi connectivity index (χ0n) is 17.2. The monoisotopic (exact) mass is 424 g/mol. The molecule has 0 aliphatic rings. The van der Waals surface area contributed by atoms with Crippen LogP contribution in [0.15, 0.2) is 42.6 Å². The highest BCUT2D eigenvalue weighted by molar-refractivity contribution is 7.66. The van der Waals surface area contributed by atoms with Crippen LogP contribution in [0.5, 0.6) is 11.5 Å². The summed E-state index contributed by atoms with van der Waals surface area (Å²) in [5, 5.41) is 14.1. The molecule has 1 aromatic heterocycles. The van der Waals surface area contributed by atoms with Crippen LogP contribution >= 0.6 is 0 Å². The number of ketones is 1. The third kappa shape index (κ3) is 4.52. The predicted molar refractivity (Wildman–Crippen MR) is 121 cm³/mol. The van der Waals surface area contributed by atoms with E-state index < -0.39 is 0 Å². The molecule has 7 heteroatoms. The largest absolute Gasteiger partial charge is 0.508 e. The predicted octanol–water partition coefficient (Wildman–Crippen LogP) is 5.11. The zero-order chi connectivity index (χ0) is 21.7. The Morgan fingerprint density at radius 2 is 2.03 bits per heavy atom. The fourth-order valence-corrected chi connectivity index (χ4v) is 3.42. The van der Waals surface area contributed by atoms with E-state index in [4.69, 9.17) is 4.74 Å². The maximum Gasteiger partial charge on any atom is 0.196 e. The average molecular weight is 425 g/mol. The molecule has 0 bridgehead atoms. The molecule has 0 spiro atoms. The van der Waals surface area contributed by atoms with Crippen molar-refractivity contribution >= 4 is 44.4 Å². The Labute approximate surface area is 179 Å². The number of aromatic nitrogens is 1. The highest BCUT2D eigenvalue weighted by atomic mass is 32.1. The van der Waals surface area contributed by atoms with Crippen LogP contribution in [0, 0.1) is 6.92 Å². The molecule has 3 rings (SSSR count). The molecule has 0 radical (unpaired) electrons. The van der Waals surface area contributed by atoms with Crippen molar-refractivity contribution in [2.75, 3.05) is 5.32 Å². The summed E-state index contributed by atoms with van der Waals surface area (Å²) in [7, 11) is 0. The molecule has 30 heavy (non-hydrogen) atoms. The number of benzene rings is 2. The van der Waals surface area contributed by atoms with Crippen molar-refractivity contribution in [3.8, 4) is 11.5 Å². The molecule has 0 aliphatic carbocycles. The Bertz CT molecular complexity index is 1150. The number of fused-ring (bicyclic) bond motifs is 1. The fraction of sp³-hybridized carbons (Fsp3) is 0.261. The Balaban J connectivity index is 2.20. The van der Waals surface area contributed by atoms with E-state index in [1.54, 1.807) is 30.5 Å². The SMILES string of the molecule is CCCC(=O)c1cnc2c(OC(CC)=S=O)cccc2c1Nc1ccc(O)cc1C. The minimum absolute atomic E-state index is 0.00641. The van der Waals surface area contributed by atoms with E-state index in [2.05, 4.69) is 10.3 Å². The lowest BCUT2D eigenvalue weighted by Gasteiger charge is -2.17. The van der Waals surface area contributed by atoms with E-state index in [0.29, 0.717) is 57.1 Å². The summed E-state index contributed by atoms with van der Waals surface area (Å²) in [4.78, 5) is 17.3. The van der Waals surface area contributed by atoms with Crippen molar-refractivity contribution in [2.45, 2.75) is 40.0 Å². The molecule has 2 N–H and O–H groups in total. The van der Waals surface area contributed by atoms with Crippen LogP contribution in [0.1, 0.15) is 49.0 Å². The number of nitrogens with one attached hydrogen (secondary N) is 1. The van der Waals surface area contributed by atoms with Crippen LogP contribution in [-0.4, -0.2) is 25.1 Å². The number of para-hydroxylation sites is 1. The Hall–Kier alpha value is -3.19. The van der Waals surface area contributed by atoms with Gasteiger partial charge in [-0.3, -0.25) is 9.78 Å². The first-order valence-electron chi connectivity index (χ1n) is 9.83. The molecule has 0 fully saturated rings. The molecule has 0 aliphatic heterocycles. The second-order valence-corrected chi connectivity index (χ2v) is 7.53. The topological polar surface area (TPSA) is 88.5 Å². The van der Waals surface area contributed by atoms with Crippen molar-refractivity contribution < 1.29 is 18.8 Å². The molecule has 0 amide bonds. The summed E-state index contributed by atoms with van der Waals surface area (Å²) in [5.41, 5.74) is 3.29. The average Bonchev–Trinajstić information content (AvgIpc) is 2.74. The molecule has 3 aromatic rings. The van der Waals surface area contributed by atoms with Crippen molar-refractivity contribution in [1.82, 2.24) is 4.98 Å². The molecule has 0 saturated heterocycles. The smallest absolute Gasteiger partial charge is 0.196 e. The number of phenols is 1. The van der Waals surface area contributed by atoms with Gasteiger partial charge >= 0.3 is 0 Å². The normalized spacial score (nSPS) is 10.6. The first-order valence-corrected chi connectivity index (χ1v) is 10.6. The minimum atomic E-state index is -0.00641. The van der Waals surface area contributed by atoms with Gasteiger partial charge in [-0.25, -0.2) is 4.21 Å². The van der Waals surface area contributed by atoms with Crippen molar-refractivity contribution in [3.05, 3.63) is 53.7 Å². The number of carbonyl (C=O) groups is 1. The molecular weight excluding hydrogens is 400 g/mol. The third-order valence-electron chi connectivity index (χ3n) is 4.71. The summed E-state index contributed by atoms with van der Waals surface area (Å²) < 4.78 is 17.0. The maximum atomic E-state index is 12.8. The van der Waals surface area contributed by atoms with Crippen molar-refractivity contribution in [1.29, 1.82) is 0 Å². The molecule has 0 unspecified atom stereocenters. The van der Waals surface area contributed by atoms with Gasteiger partial charge < -0.3 is 15.2 Å². The number of pyridine rings is 1. The first kappa shape index (κ1) is 21.5. The molecule has 6 nitrogen and oxygen atoms in total. The van der Waals surface area contributed by atoms with Gasteiger partial charge in [0.15, 0.2) is 16.6 Å². The van der Waals surface area contributed by atoms with Crippen LogP contribution in [0.4, 0.5) is 11.4 Å². The van der Waals surface area contributed by atoms with Crippen molar-refractivity contribution in [2.24, 2.45) is 0 Å². The zero-order valence-corrected chi connectivity index (χ0v) is 18.0. The summed E-state index contributed by atoms with van der Waals surface area (Å²) in [5.74, 6) is 0.633. The van der Waals surface area contributed by atoms with Gasteiger partial charge in [0.25, 0.3) is 0 Å². The number of aryl methyl sites for hydroxylation is 1. The van der Waals surface area contributed by atoms with E-state index in [1.165, 1.54) is 0 Å². The molecule has 156 valence electrons. The second kappa shape index (κ2) is 9.54. The van der Waals surface area contributed by atoms with Crippen LogP contribution < -0.4 is 10.1 Å². The van der Waals surface area contributed by atoms with Crippen LogP contribution in [0.25, 0.3) is 10.9 Å². The highest BCUT2D eigenvalue weighted by Gasteiger charge is 2.18. The second-order valence-electron chi connectivity index (χ2n) is 6.91. The van der Waals surface area contributed by atoms with Crippen LogP contribution in [-0.2, 0) is 11.3 Å². The van der Waals surface area contributed by atoms with E-state index in [1.807, 2.05) is 32.9 Å².